The van der Waals surface area contributed by atoms with Crippen LogP contribution in [0.15, 0.2) is 24.3 Å². The zero-order valence-corrected chi connectivity index (χ0v) is 11.8. The number of ether oxygens (including phenoxy) is 1. The average Bonchev–Trinajstić information content (AvgIpc) is 3.29. The van der Waals surface area contributed by atoms with Gasteiger partial charge in [-0.3, -0.25) is 0 Å². The normalized spacial score (nSPS) is 13.9. The van der Waals surface area contributed by atoms with Crippen LogP contribution in [0.3, 0.4) is 0 Å². The van der Waals surface area contributed by atoms with Crippen molar-refractivity contribution in [3.05, 3.63) is 29.8 Å². The van der Waals surface area contributed by atoms with Crippen molar-refractivity contribution < 1.29 is 14.6 Å². The minimum Gasteiger partial charge on any atom is -0.497 e. The van der Waals surface area contributed by atoms with Crippen molar-refractivity contribution in [2.45, 2.75) is 25.3 Å². The maximum atomic E-state index is 12.0. The fraction of sp³-hybridized carbons (Fsp3) is 0.533. The SMILES string of the molecule is COc1cccc(CCNC(=O)N(CCO)C2CC2)c1. The van der Waals surface area contributed by atoms with Gasteiger partial charge in [0.05, 0.1) is 13.7 Å². The lowest BCUT2D eigenvalue weighted by Crippen LogP contribution is -2.43. The van der Waals surface area contributed by atoms with Crippen molar-refractivity contribution in [2.24, 2.45) is 0 Å². The van der Waals surface area contributed by atoms with Crippen molar-refractivity contribution in [3.63, 3.8) is 0 Å². The van der Waals surface area contributed by atoms with E-state index in [1.165, 1.54) is 0 Å². The zero-order chi connectivity index (χ0) is 14.4. The molecule has 0 atom stereocenters. The zero-order valence-electron chi connectivity index (χ0n) is 11.8. The van der Waals surface area contributed by atoms with Gasteiger partial charge in [-0.05, 0) is 37.0 Å². The summed E-state index contributed by atoms with van der Waals surface area (Å²) in [7, 11) is 1.64. The molecule has 0 saturated heterocycles. The monoisotopic (exact) mass is 278 g/mol. The van der Waals surface area contributed by atoms with E-state index in [-0.39, 0.29) is 12.6 Å². The lowest BCUT2D eigenvalue weighted by atomic mass is 10.1. The van der Waals surface area contributed by atoms with Gasteiger partial charge in [0.25, 0.3) is 0 Å². The highest BCUT2D eigenvalue weighted by Crippen LogP contribution is 2.26. The Balaban J connectivity index is 1.77. The van der Waals surface area contributed by atoms with Gasteiger partial charge in [-0.15, -0.1) is 0 Å². The first-order chi connectivity index (χ1) is 9.74. The first kappa shape index (κ1) is 14.7. The summed E-state index contributed by atoms with van der Waals surface area (Å²) in [5.41, 5.74) is 1.13. The molecule has 1 fully saturated rings. The number of nitrogens with one attached hydrogen (secondary N) is 1. The number of hydrogen-bond donors (Lipinski definition) is 2. The summed E-state index contributed by atoms with van der Waals surface area (Å²) in [6.07, 6.45) is 2.85. The third kappa shape index (κ3) is 4.13. The fourth-order valence-corrected chi connectivity index (χ4v) is 2.19. The number of nitrogens with zero attached hydrogens (tertiary/aromatic N) is 1. The van der Waals surface area contributed by atoms with Gasteiger partial charge in [0.2, 0.25) is 0 Å². The Hall–Kier alpha value is -1.75. The van der Waals surface area contributed by atoms with Crippen LogP contribution in [-0.2, 0) is 6.42 Å². The summed E-state index contributed by atoms with van der Waals surface area (Å²) in [4.78, 5) is 13.7. The molecule has 0 radical (unpaired) electrons. The Kier molecular flexibility index (Phi) is 5.24. The first-order valence-electron chi connectivity index (χ1n) is 7.03. The van der Waals surface area contributed by atoms with E-state index in [1.54, 1.807) is 12.0 Å². The number of hydrogen-bond acceptors (Lipinski definition) is 3. The van der Waals surface area contributed by atoms with Crippen LogP contribution in [0.5, 0.6) is 5.75 Å². The predicted octanol–water partition coefficient (Wildman–Crippen LogP) is 1.40. The molecule has 1 aromatic rings. The van der Waals surface area contributed by atoms with Crippen LogP contribution in [0, 0.1) is 0 Å². The standard InChI is InChI=1S/C15H22N2O3/c1-20-14-4-2-3-12(11-14)7-8-16-15(19)17(9-10-18)13-5-6-13/h2-4,11,13,18H,5-10H2,1H3,(H,16,19). The van der Waals surface area contributed by atoms with Crippen LogP contribution in [0.2, 0.25) is 0 Å². The number of methoxy groups -OCH3 is 1. The predicted molar refractivity (Wildman–Crippen MR) is 76.9 cm³/mol. The van der Waals surface area contributed by atoms with Gasteiger partial charge in [-0.2, -0.15) is 0 Å². The van der Waals surface area contributed by atoms with Crippen LogP contribution in [-0.4, -0.2) is 48.9 Å². The van der Waals surface area contributed by atoms with E-state index < -0.39 is 0 Å². The van der Waals surface area contributed by atoms with Gasteiger partial charge in [0.15, 0.2) is 0 Å². The number of aliphatic hydroxyl groups excluding tert-OH is 1. The van der Waals surface area contributed by atoms with Crippen molar-refractivity contribution in [2.75, 3.05) is 26.8 Å². The Bertz CT molecular complexity index is 446. The van der Waals surface area contributed by atoms with Gasteiger partial charge >= 0.3 is 6.03 Å². The first-order valence-corrected chi connectivity index (χ1v) is 7.03. The average molecular weight is 278 g/mol. The van der Waals surface area contributed by atoms with Crippen molar-refractivity contribution in [1.29, 1.82) is 0 Å². The molecule has 20 heavy (non-hydrogen) atoms. The lowest BCUT2D eigenvalue weighted by Gasteiger charge is -2.21. The van der Waals surface area contributed by atoms with Crippen LogP contribution < -0.4 is 10.1 Å². The molecule has 0 unspecified atom stereocenters. The Morgan fingerprint density at radius 2 is 2.30 bits per heavy atom. The molecule has 5 heteroatoms. The van der Waals surface area contributed by atoms with E-state index in [1.807, 2.05) is 24.3 Å². The van der Waals surface area contributed by atoms with Gasteiger partial charge in [0, 0.05) is 19.1 Å². The van der Waals surface area contributed by atoms with E-state index in [9.17, 15) is 4.79 Å². The summed E-state index contributed by atoms with van der Waals surface area (Å²) in [6.45, 7) is 1.01. The second-order valence-corrected chi connectivity index (χ2v) is 4.98. The molecule has 1 aromatic carbocycles. The molecule has 0 bridgehead atoms. The molecule has 0 spiro atoms. The van der Waals surface area contributed by atoms with Gasteiger partial charge in [0.1, 0.15) is 5.75 Å². The maximum Gasteiger partial charge on any atom is 0.317 e. The third-order valence-corrected chi connectivity index (χ3v) is 3.41. The van der Waals surface area contributed by atoms with Gasteiger partial charge in [-0.1, -0.05) is 12.1 Å². The topological polar surface area (TPSA) is 61.8 Å². The van der Waals surface area contributed by atoms with E-state index in [0.717, 1.165) is 30.6 Å². The van der Waals surface area contributed by atoms with Crippen LogP contribution >= 0.6 is 0 Å². The largest absolute Gasteiger partial charge is 0.497 e. The van der Waals surface area contributed by atoms with Crippen molar-refractivity contribution in [3.8, 4) is 5.75 Å². The van der Waals surface area contributed by atoms with E-state index in [0.29, 0.717) is 19.1 Å². The van der Waals surface area contributed by atoms with Crippen LogP contribution in [0.25, 0.3) is 0 Å². The highest BCUT2D eigenvalue weighted by atomic mass is 16.5. The quantitative estimate of drug-likeness (QED) is 0.792. The summed E-state index contributed by atoms with van der Waals surface area (Å²) >= 11 is 0. The van der Waals surface area contributed by atoms with Gasteiger partial charge < -0.3 is 20.1 Å². The number of carbonyl (C=O) groups excluding carboxylic acids is 1. The molecule has 5 nitrogen and oxygen atoms in total. The summed E-state index contributed by atoms with van der Waals surface area (Å²) in [5.74, 6) is 0.828. The summed E-state index contributed by atoms with van der Waals surface area (Å²) in [6, 6.07) is 8.07. The third-order valence-electron chi connectivity index (χ3n) is 3.41. The number of urea groups is 1. The minimum absolute atomic E-state index is 0.0137. The molecule has 2 rings (SSSR count). The van der Waals surface area contributed by atoms with E-state index in [4.69, 9.17) is 9.84 Å². The second-order valence-electron chi connectivity index (χ2n) is 4.98. The van der Waals surface area contributed by atoms with Crippen molar-refractivity contribution in [1.82, 2.24) is 10.2 Å². The van der Waals surface area contributed by atoms with E-state index in [2.05, 4.69) is 5.32 Å². The summed E-state index contributed by atoms with van der Waals surface area (Å²) in [5, 5.41) is 11.9. The molecule has 0 aromatic heterocycles. The highest BCUT2D eigenvalue weighted by molar-refractivity contribution is 5.74. The number of amides is 2. The maximum absolute atomic E-state index is 12.0. The smallest absolute Gasteiger partial charge is 0.317 e. The molecular formula is C15H22N2O3. The second kappa shape index (κ2) is 7.14. The molecule has 0 heterocycles. The van der Waals surface area contributed by atoms with Crippen molar-refractivity contribution >= 4 is 6.03 Å². The fourth-order valence-electron chi connectivity index (χ4n) is 2.19. The molecule has 1 aliphatic carbocycles. The summed E-state index contributed by atoms with van der Waals surface area (Å²) < 4.78 is 5.17. The minimum atomic E-state index is -0.0792. The Labute approximate surface area is 119 Å². The Morgan fingerprint density at radius 1 is 1.50 bits per heavy atom. The molecule has 110 valence electrons. The van der Waals surface area contributed by atoms with Crippen LogP contribution in [0.1, 0.15) is 18.4 Å². The molecule has 0 aliphatic heterocycles. The number of aliphatic hydroxyl groups is 1. The van der Waals surface area contributed by atoms with Gasteiger partial charge in [-0.25, -0.2) is 4.79 Å². The highest BCUT2D eigenvalue weighted by Gasteiger charge is 2.31. The molecular weight excluding hydrogens is 256 g/mol. The lowest BCUT2D eigenvalue weighted by molar-refractivity contribution is 0.174. The molecule has 1 saturated carbocycles. The number of carbonyl (C=O) groups is 1. The Morgan fingerprint density at radius 3 is 2.95 bits per heavy atom. The van der Waals surface area contributed by atoms with Crippen LogP contribution in [0.4, 0.5) is 4.79 Å². The van der Waals surface area contributed by atoms with E-state index >= 15 is 0 Å². The molecule has 1 aliphatic rings. The molecule has 2 N–H and O–H groups in total. The number of rotatable bonds is 7. The number of benzene rings is 1. The molecule has 2 amide bonds.